The number of nitrogens with zero attached hydrogens (tertiary/aromatic N) is 1. The molecule has 1 amide bonds. The fourth-order valence-electron chi connectivity index (χ4n) is 2.53. The second-order valence-corrected chi connectivity index (χ2v) is 6.20. The maximum atomic E-state index is 12.3. The molecule has 3 rings (SSSR count). The molecule has 1 saturated heterocycles. The van der Waals surface area contributed by atoms with Crippen LogP contribution in [-0.4, -0.2) is 56.4 Å². The van der Waals surface area contributed by atoms with Crippen molar-refractivity contribution >= 4 is 27.5 Å². The van der Waals surface area contributed by atoms with Crippen molar-refractivity contribution in [1.82, 2.24) is 4.90 Å². The van der Waals surface area contributed by atoms with Crippen molar-refractivity contribution < 1.29 is 19.0 Å². The van der Waals surface area contributed by atoms with E-state index in [2.05, 4.69) is 21.2 Å². The molecule has 0 aliphatic carbocycles. The quantitative estimate of drug-likeness (QED) is 0.879. The molecule has 0 unspecified atom stereocenters. The Labute approximate surface area is 137 Å². The Bertz CT molecular complexity index is 567. The SMILES string of the molecule is C[C@@H]1CN(C(=O)CNc2cc3c(cc2Br)OCCO3)CCO1. The van der Waals surface area contributed by atoms with Gasteiger partial charge in [-0.25, -0.2) is 0 Å². The first-order chi connectivity index (χ1) is 10.6. The highest BCUT2D eigenvalue weighted by molar-refractivity contribution is 9.10. The fraction of sp³-hybridized carbons (Fsp3) is 0.533. The summed E-state index contributed by atoms with van der Waals surface area (Å²) in [6, 6.07) is 3.71. The summed E-state index contributed by atoms with van der Waals surface area (Å²) in [4.78, 5) is 14.1. The van der Waals surface area contributed by atoms with Gasteiger partial charge in [-0.3, -0.25) is 4.79 Å². The Morgan fingerprint density at radius 2 is 2.05 bits per heavy atom. The molecule has 1 aromatic carbocycles. The first kappa shape index (κ1) is 15.4. The Kier molecular flexibility index (Phi) is 4.73. The molecule has 7 heteroatoms. The first-order valence-corrected chi connectivity index (χ1v) is 8.15. The molecule has 6 nitrogen and oxygen atoms in total. The standard InChI is InChI=1S/C15H19BrN2O4/c1-10-9-18(2-3-20-10)15(19)8-17-12-7-14-13(6-11(12)16)21-4-5-22-14/h6-7,10,17H,2-5,8-9H2,1H3/t10-/m1/s1. The second-order valence-electron chi connectivity index (χ2n) is 5.35. The minimum atomic E-state index is 0.0666. The molecule has 120 valence electrons. The van der Waals surface area contributed by atoms with E-state index in [0.717, 1.165) is 15.9 Å². The van der Waals surface area contributed by atoms with Crippen LogP contribution in [0.5, 0.6) is 11.5 Å². The third-order valence-electron chi connectivity index (χ3n) is 3.66. The van der Waals surface area contributed by atoms with Crippen molar-refractivity contribution in [2.24, 2.45) is 0 Å². The predicted octanol–water partition coefficient (Wildman–Crippen LogP) is 1.88. The van der Waals surface area contributed by atoms with Crippen molar-refractivity contribution in [3.05, 3.63) is 16.6 Å². The number of hydrogen-bond donors (Lipinski definition) is 1. The van der Waals surface area contributed by atoms with E-state index >= 15 is 0 Å². The van der Waals surface area contributed by atoms with E-state index in [1.165, 1.54) is 0 Å². The zero-order valence-corrected chi connectivity index (χ0v) is 14.0. The topological polar surface area (TPSA) is 60.0 Å². The van der Waals surface area contributed by atoms with Crippen LogP contribution in [0.15, 0.2) is 16.6 Å². The third-order valence-corrected chi connectivity index (χ3v) is 4.31. The van der Waals surface area contributed by atoms with Crippen LogP contribution in [0.1, 0.15) is 6.92 Å². The highest BCUT2D eigenvalue weighted by Crippen LogP contribution is 2.38. The molecule has 0 bridgehead atoms. The summed E-state index contributed by atoms with van der Waals surface area (Å²) >= 11 is 3.49. The van der Waals surface area contributed by atoms with E-state index in [-0.39, 0.29) is 18.6 Å². The van der Waals surface area contributed by atoms with Crippen LogP contribution in [0.2, 0.25) is 0 Å². The van der Waals surface area contributed by atoms with Gasteiger partial charge >= 0.3 is 0 Å². The molecule has 2 aliphatic heterocycles. The van der Waals surface area contributed by atoms with Crippen molar-refractivity contribution in [2.45, 2.75) is 13.0 Å². The molecule has 0 saturated carbocycles. The number of anilines is 1. The molecule has 0 spiro atoms. The van der Waals surface area contributed by atoms with Gasteiger partial charge in [-0.1, -0.05) is 0 Å². The number of fused-ring (bicyclic) bond motifs is 1. The maximum absolute atomic E-state index is 12.3. The Morgan fingerprint density at radius 3 is 2.77 bits per heavy atom. The van der Waals surface area contributed by atoms with E-state index in [9.17, 15) is 4.79 Å². The van der Waals surface area contributed by atoms with E-state index in [0.29, 0.717) is 38.7 Å². The molecule has 2 aliphatic rings. The molecular weight excluding hydrogens is 352 g/mol. The number of ether oxygens (including phenoxy) is 3. The number of amides is 1. The zero-order chi connectivity index (χ0) is 15.5. The number of carbonyl (C=O) groups is 1. The van der Waals surface area contributed by atoms with E-state index in [4.69, 9.17) is 14.2 Å². The van der Waals surface area contributed by atoms with Crippen LogP contribution in [-0.2, 0) is 9.53 Å². The van der Waals surface area contributed by atoms with E-state index in [1.807, 2.05) is 24.0 Å². The number of hydrogen-bond acceptors (Lipinski definition) is 5. The lowest BCUT2D eigenvalue weighted by Gasteiger charge is -2.31. The first-order valence-electron chi connectivity index (χ1n) is 7.36. The van der Waals surface area contributed by atoms with Gasteiger partial charge in [0.25, 0.3) is 0 Å². The summed E-state index contributed by atoms with van der Waals surface area (Å²) in [5, 5.41) is 3.16. The molecule has 0 radical (unpaired) electrons. The summed E-state index contributed by atoms with van der Waals surface area (Å²) in [6.07, 6.45) is 0.0960. The number of halogens is 1. The fourth-order valence-corrected chi connectivity index (χ4v) is 2.99. The van der Waals surface area contributed by atoms with Gasteiger partial charge in [-0.05, 0) is 22.9 Å². The number of rotatable bonds is 3. The molecule has 1 atom stereocenters. The van der Waals surface area contributed by atoms with E-state index in [1.54, 1.807) is 0 Å². The molecule has 1 aromatic rings. The maximum Gasteiger partial charge on any atom is 0.242 e. The van der Waals surface area contributed by atoms with Gasteiger partial charge < -0.3 is 24.4 Å². The highest BCUT2D eigenvalue weighted by Gasteiger charge is 2.21. The lowest BCUT2D eigenvalue weighted by atomic mass is 10.2. The van der Waals surface area contributed by atoms with E-state index < -0.39 is 0 Å². The highest BCUT2D eigenvalue weighted by atomic mass is 79.9. The van der Waals surface area contributed by atoms with Gasteiger partial charge in [0.15, 0.2) is 11.5 Å². The van der Waals surface area contributed by atoms with Crippen molar-refractivity contribution in [3.8, 4) is 11.5 Å². The Morgan fingerprint density at radius 1 is 1.32 bits per heavy atom. The summed E-state index contributed by atoms with van der Waals surface area (Å²) in [7, 11) is 0. The summed E-state index contributed by atoms with van der Waals surface area (Å²) in [5.41, 5.74) is 0.818. The second kappa shape index (κ2) is 6.75. The molecular formula is C15H19BrN2O4. The summed E-state index contributed by atoms with van der Waals surface area (Å²) in [6.45, 7) is 5.20. The Hall–Kier alpha value is -1.47. The van der Waals surface area contributed by atoms with Crippen LogP contribution in [0, 0.1) is 0 Å². The zero-order valence-electron chi connectivity index (χ0n) is 12.4. The van der Waals surface area contributed by atoms with Gasteiger partial charge in [0.1, 0.15) is 13.2 Å². The smallest absolute Gasteiger partial charge is 0.242 e. The minimum Gasteiger partial charge on any atom is -0.486 e. The normalized spacial score (nSPS) is 20.6. The largest absolute Gasteiger partial charge is 0.486 e. The average molecular weight is 371 g/mol. The van der Waals surface area contributed by atoms with Gasteiger partial charge in [-0.2, -0.15) is 0 Å². The van der Waals surface area contributed by atoms with Gasteiger partial charge in [0.05, 0.1) is 24.9 Å². The van der Waals surface area contributed by atoms with Crippen LogP contribution in [0.4, 0.5) is 5.69 Å². The van der Waals surface area contributed by atoms with Crippen molar-refractivity contribution in [3.63, 3.8) is 0 Å². The molecule has 0 aromatic heterocycles. The van der Waals surface area contributed by atoms with Crippen LogP contribution < -0.4 is 14.8 Å². The number of morpholine rings is 1. The van der Waals surface area contributed by atoms with Gasteiger partial charge in [-0.15, -0.1) is 0 Å². The molecule has 2 heterocycles. The van der Waals surface area contributed by atoms with Crippen molar-refractivity contribution in [1.29, 1.82) is 0 Å². The molecule has 1 fully saturated rings. The number of nitrogens with one attached hydrogen (secondary N) is 1. The van der Waals surface area contributed by atoms with Gasteiger partial charge in [0, 0.05) is 29.7 Å². The van der Waals surface area contributed by atoms with Crippen LogP contribution in [0.25, 0.3) is 0 Å². The van der Waals surface area contributed by atoms with Crippen LogP contribution >= 0.6 is 15.9 Å². The monoisotopic (exact) mass is 370 g/mol. The Balaban J connectivity index is 1.62. The lowest BCUT2D eigenvalue weighted by molar-refractivity contribution is -0.136. The van der Waals surface area contributed by atoms with Crippen LogP contribution in [0.3, 0.4) is 0 Å². The summed E-state index contributed by atoms with van der Waals surface area (Å²) < 4.78 is 17.4. The molecule has 1 N–H and O–H groups in total. The van der Waals surface area contributed by atoms with Crippen molar-refractivity contribution in [2.75, 3.05) is 44.8 Å². The number of carbonyl (C=O) groups excluding carboxylic acids is 1. The average Bonchev–Trinajstić information content (AvgIpc) is 2.52. The lowest BCUT2D eigenvalue weighted by Crippen LogP contribution is -2.46. The number of benzene rings is 1. The predicted molar refractivity (Wildman–Crippen MR) is 85.6 cm³/mol. The van der Waals surface area contributed by atoms with Gasteiger partial charge in [0.2, 0.25) is 5.91 Å². The third kappa shape index (κ3) is 3.47. The molecule has 22 heavy (non-hydrogen) atoms. The summed E-state index contributed by atoms with van der Waals surface area (Å²) in [5.74, 6) is 1.48. The minimum absolute atomic E-state index is 0.0666.